The monoisotopic (exact) mass is 377 g/mol. The highest BCUT2D eigenvalue weighted by molar-refractivity contribution is 9.10. The first-order valence-corrected chi connectivity index (χ1v) is 7.91. The predicted octanol–water partition coefficient (Wildman–Crippen LogP) is 3.60. The topological polar surface area (TPSA) is 46.2 Å². The molecule has 9 heteroatoms. The van der Waals surface area contributed by atoms with E-state index in [0.717, 1.165) is 12.1 Å². The van der Waals surface area contributed by atoms with Gasteiger partial charge in [0.1, 0.15) is 10.7 Å². The lowest BCUT2D eigenvalue weighted by Crippen LogP contribution is -2.26. The molecule has 0 fully saturated rings. The molecule has 3 nitrogen and oxygen atoms in total. The number of rotatable bonds is 6. The maximum atomic E-state index is 13.5. The van der Waals surface area contributed by atoms with Crippen LogP contribution >= 0.6 is 15.9 Å². The lowest BCUT2D eigenvalue weighted by molar-refractivity contribution is -0.135. The third kappa shape index (κ3) is 5.76. The summed E-state index contributed by atoms with van der Waals surface area (Å²) in [5.41, 5.74) is 0. The molecule has 0 bridgehead atoms. The van der Waals surface area contributed by atoms with E-state index in [-0.39, 0.29) is 19.4 Å². The normalized spacial score (nSPS) is 12.7. The van der Waals surface area contributed by atoms with Crippen molar-refractivity contribution < 1.29 is 26.0 Å². The van der Waals surface area contributed by atoms with E-state index in [9.17, 15) is 26.0 Å². The van der Waals surface area contributed by atoms with Gasteiger partial charge in [-0.05, 0) is 31.0 Å². The van der Waals surface area contributed by atoms with Gasteiger partial charge in [-0.15, -0.1) is 0 Å². The first-order chi connectivity index (χ1) is 9.12. The number of unbranched alkanes of at least 4 members (excludes halogenated alkanes) is 1. The molecule has 1 rings (SSSR count). The van der Waals surface area contributed by atoms with E-state index in [1.165, 1.54) is 6.07 Å². The van der Waals surface area contributed by atoms with Crippen LogP contribution in [0.5, 0.6) is 0 Å². The Balaban J connectivity index is 2.54. The Bertz CT molecular complexity index is 560. The van der Waals surface area contributed by atoms with Gasteiger partial charge in [0.2, 0.25) is 10.0 Å². The summed E-state index contributed by atoms with van der Waals surface area (Å²) < 4.78 is 75.1. The summed E-state index contributed by atoms with van der Waals surface area (Å²) in [5.74, 6) is -0.929. The quantitative estimate of drug-likeness (QED) is 0.608. The highest BCUT2D eigenvalue weighted by Crippen LogP contribution is 2.22. The van der Waals surface area contributed by atoms with Crippen LogP contribution in [0.15, 0.2) is 27.6 Å². The maximum absolute atomic E-state index is 13.5. The van der Waals surface area contributed by atoms with Gasteiger partial charge in [-0.25, -0.2) is 17.5 Å². The average molecular weight is 378 g/mol. The molecule has 1 N–H and O–H groups in total. The number of nitrogens with one attached hydrogen (secondary N) is 1. The van der Waals surface area contributed by atoms with Crippen molar-refractivity contribution in [1.82, 2.24) is 4.72 Å². The summed E-state index contributed by atoms with van der Waals surface area (Å²) in [6.07, 6.45) is -5.39. The Morgan fingerprint density at radius 1 is 1.20 bits per heavy atom. The Labute approximate surface area is 122 Å². The number of halogens is 5. The van der Waals surface area contributed by atoms with Crippen LogP contribution in [0.25, 0.3) is 0 Å². The van der Waals surface area contributed by atoms with Crippen molar-refractivity contribution in [3.05, 3.63) is 28.5 Å². The summed E-state index contributed by atoms with van der Waals surface area (Å²) in [7, 11) is -4.05. The maximum Gasteiger partial charge on any atom is 0.389 e. The van der Waals surface area contributed by atoms with Gasteiger partial charge in [0.15, 0.2) is 0 Å². The van der Waals surface area contributed by atoms with E-state index >= 15 is 0 Å². The molecule has 0 saturated carbocycles. The molecule has 0 aromatic heterocycles. The summed E-state index contributed by atoms with van der Waals surface area (Å²) in [6.45, 7) is -0.173. The highest BCUT2D eigenvalue weighted by Gasteiger charge is 2.26. The fourth-order valence-electron chi connectivity index (χ4n) is 1.43. The summed E-state index contributed by atoms with van der Waals surface area (Å²) in [4.78, 5) is -0.531. The van der Waals surface area contributed by atoms with Crippen LogP contribution in [0.1, 0.15) is 19.3 Å². The number of hydrogen-bond donors (Lipinski definition) is 1. The van der Waals surface area contributed by atoms with Gasteiger partial charge < -0.3 is 0 Å². The standard InChI is InChI=1S/C11H12BrF4NO2S/c12-8-3-4-10(9(13)7-8)20(18,19)17-6-2-1-5-11(14,15)16/h3-4,7,17H,1-2,5-6H2. The van der Waals surface area contributed by atoms with E-state index < -0.39 is 33.3 Å². The molecule has 20 heavy (non-hydrogen) atoms. The molecule has 1 aromatic carbocycles. The summed E-state index contributed by atoms with van der Waals surface area (Å²) in [6, 6.07) is 3.44. The van der Waals surface area contributed by atoms with Crippen molar-refractivity contribution in [1.29, 1.82) is 0 Å². The average Bonchev–Trinajstić information content (AvgIpc) is 2.26. The second kappa shape index (κ2) is 6.86. The number of hydrogen-bond acceptors (Lipinski definition) is 2. The van der Waals surface area contributed by atoms with Gasteiger partial charge in [-0.2, -0.15) is 13.2 Å². The molecular weight excluding hydrogens is 366 g/mol. The van der Waals surface area contributed by atoms with Gasteiger partial charge in [0.05, 0.1) is 0 Å². The first kappa shape index (κ1) is 17.4. The molecule has 0 aliphatic heterocycles. The van der Waals surface area contributed by atoms with Crippen molar-refractivity contribution in [2.75, 3.05) is 6.54 Å². The minimum absolute atomic E-state index is 0.0247. The highest BCUT2D eigenvalue weighted by atomic mass is 79.9. The molecule has 0 radical (unpaired) electrons. The van der Waals surface area contributed by atoms with Crippen molar-refractivity contribution in [2.24, 2.45) is 0 Å². The fraction of sp³-hybridized carbons (Fsp3) is 0.455. The minimum Gasteiger partial charge on any atom is -0.211 e. The number of benzene rings is 1. The second-order valence-corrected chi connectivity index (χ2v) is 6.70. The van der Waals surface area contributed by atoms with Crippen LogP contribution in [0.3, 0.4) is 0 Å². The van der Waals surface area contributed by atoms with Crippen LogP contribution in [0.4, 0.5) is 17.6 Å². The molecule has 1 aromatic rings. The third-order valence-corrected chi connectivity index (χ3v) is 4.35. The van der Waals surface area contributed by atoms with E-state index in [2.05, 4.69) is 20.7 Å². The van der Waals surface area contributed by atoms with Crippen molar-refractivity contribution >= 4 is 26.0 Å². The Morgan fingerprint density at radius 2 is 1.85 bits per heavy atom. The van der Waals surface area contributed by atoms with E-state index in [1.54, 1.807) is 0 Å². The summed E-state index contributed by atoms with van der Waals surface area (Å²) >= 11 is 2.99. The second-order valence-electron chi connectivity index (χ2n) is 4.04. The van der Waals surface area contributed by atoms with Crippen LogP contribution in [-0.4, -0.2) is 21.1 Å². The molecular formula is C11H12BrF4NO2S. The number of sulfonamides is 1. The Morgan fingerprint density at radius 3 is 2.40 bits per heavy atom. The smallest absolute Gasteiger partial charge is 0.211 e. The molecule has 0 unspecified atom stereocenters. The Hall–Kier alpha value is -0.670. The predicted molar refractivity (Wildman–Crippen MR) is 69.2 cm³/mol. The zero-order valence-corrected chi connectivity index (χ0v) is 12.6. The molecule has 0 amide bonds. The summed E-state index contributed by atoms with van der Waals surface area (Å²) in [5, 5.41) is 0. The van der Waals surface area contributed by atoms with Crippen molar-refractivity contribution in [3.8, 4) is 0 Å². The number of alkyl halides is 3. The van der Waals surface area contributed by atoms with Crippen LogP contribution in [0.2, 0.25) is 0 Å². The molecule has 114 valence electrons. The largest absolute Gasteiger partial charge is 0.389 e. The van der Waals surface area contributed by atoms with Gasteiger partial charge in [-0.1, -0.05) is 15.9 Å². The fourth-order valence-corrected chi connectivity index (χ4v) is 2.89. The van der Waals surface area contributed by atoms with Crippen LogP contribution < -0.4 is 4.72 Å². The van der Waals surface area contributed by atoms with E-state index in [0.29, 0.717) is 4.47 Å². The molecule has 0 aliphatic carbocycles. The van der Waals surface area contributed by atoms with Crippen LogP contribution in [-0.2, 0) is 10.0 Å². The van der Waals surface area contributed by atoms with E-state index in [1.807, 2.05) is 0 Å². The zero-order valence-electron chi connectivity index (χ0n) is 10.2. The zero-order chi connectivity index (χ0) is 15.4. The van der Waals surface area contributed by atoms with Gasteiger partial charge in [0.25, 0.3) is 0 Å². The van der Waals surface area contributed by atoms with Gasteiger partial charge in [-0.3, -0.25) is 0 Å². The molecule has 0 spiro atoms. The Kier molecular flexibility index (Phi) is 5.96. The van der Waals surface area contributed by atoms with Crippen molar-refractivity contribution in [2.45, 2.75) is 30.3 Å². The lowest BCUT2D eigenvalue weighted by atomic mass is 10.2. The molecule has 0 saturated heterocycles. The SMILES string of the molecule is O=S(=O)(NCCCCC(F)(F)F)c1ccc(Br)cc1F. The van der Waals surface area contributed by atoms with Gasteiger partial charge >= 0.3 is 6.18 Å². The lowest BCUT2D eigenvalue weighted by Gasteiger charge is -2.09. The minimum atomic E-state index is -4.25. The molecule has 0 heterocycles. The van der Waals surface area contributed by atoms with Crippen LogP contribution in [0, 0.1) is 5.82 Å². The third-order valence-electron chi connectivity index (χ3n) is 2.36. The van der Waals surface area contributed by atoms with Crippen molar-refractivity contribution in [3.63, 3.8) is 0 Å². The van der Waals surface area contributed by atoms with E-state index in [4.69, 9.17) is 0 Å². The van der Waals surface area contributed by atoms with Gasteiger partial charge in [0, 0.05) is 17.4 Å². The molecule has 0 aliphatic rings. The molecule has 0 atom stereocenters. The first-order valence-electron chi connectivity index (χ1n) is 5.63.